The Bertz CT molecular complexity index is 862. The van der Waals surface area contributed by atoms with Crippen molar-refractivity contribution in [3.8, 4) is 0 Å². The number of hydrogen-bond acceptors (Lipinski definition) is 2. The highest BCUT2D eigenvalue weighted by molar-refractivity contribution is 6.30. The van der Waals surface area contributed by atoms with Gasteiger partial charge in [-0.1, -0.05) is 68.8 Å². The Kier molecular flexibility index (Phi) is 4.88. The summed E-state index contributed by atoms with van der Waals surface area (Å²) in [6, 6.07) is 14.7. The zero-order chi connectivity index (χ0) is 18.9. The number of nitrogens with zero attached hydrogens (tertiary/aromatic N) is 1. The number of carbonyl (C=O) groups excluding carboxylic acids is 2. The van der Waals surface area contributed by atoms with Crippen molar-refractivity contribution in [2.24, 2.45) is 0 Å². The predicted octanol–water partition coefficient (Wildman–Crippen LogP) is 4.73. The molecule has 0 radical (unpaired) electrons. The quantitative estimate of drug-likeness (QED) is 0.629. The van der Waals surface area contributed by atoms with E-state index >= 15 is 0 Å². The molecule has 1 heterocycles. The summed E-state index contributed by atoms with van der Waals surface area (Å²) in [7, 11) is 0. The lowest BCUT2D eigenvalue weighted by atomic mass is 9.87. The number of amides is 3. The van der Waals surface area contributed by atoms with E-state index in [1.165, 1.54) is 10.5 Å². The average Bonchev–Trinajstić information content (AvgIpc) is 2.84. The van der Waals surface area contributed by atoms with Gasteiger partial charge in [-0.2, -0.15) is 0 Å². The molecule has 0 bridgehead atoms. The van der Waals surface area contributed by atoms with E-state index in [1.54, 1.807) is 30.3 Å². The smallest absolute Gasteiger partial charge is 0.303 e. The second-order valence-corrected chi connectivity index (χ2v) is 7.81. The number of hydrogen-bond donors (Lipinski definition) is 1. The van der Waals surface area contributed by atoms with Crippen LogP contribution in [0.25, 0.3) is 6.08 Å². The molecule has 3 rings (SSSR count). The fraction of sp³-hybridized carbons (Fsp3) is 0.238. The molecule has 2 aromatic carbocycles. The summed E-state index contributed by atoms with van der Waals surface area (Å²) in [6.45, 7) is 6.66. The highest BCUT2D eigenvalue weighted by atomic mass is 35.5. The molecule has 0 saturated carbocycles. The Morgan fingerprint density at radius 2 is 1.62 bits per heavy atom. The fourth-order valence-electron chi connectivity index (χ4n) is 2.73. The molecule has 4 nitrogen and oxygen atoms in total. The SMILES string of the molecule is CC(C)(C)c1ccc(C=C2NC(=O)N(Cc3ccc(Cl)cc3)C2=O)cc1. The second-order valence-electron chi connectivity index (χ2n) is 7.38. The Labute approximate surface area is 158 Å². The first kappa shape index (κ1) is 18.2. The number of imide groups is 1. The number of carbonyl (C=O) groups is 2. The molecule has 1 N–H and O–H groups in total. The molecule has 26 heavy (non-hydrogen) atoms. The summed E-state index contributed by atoms with van der Waals surface area (Å²) in [5, 5.41) is 3.27. The van der Waals surface area contributed by atoms with E-state index in [-0.39, 0.29) is 23.6 Å². The summed E-state index contributed by atoms with van der Waals surface area (Å²) in [4.78, 5) is 25.9. The topological polar surface area (TPSA) is 49.4 Å². The summed E-state index contributed by atoms with van der Waals surface area (Å²) < 4.78 is 0. The number of rotatable bonds is 3. The lowest BCUT2D eigenvalue weighted by Crippen LogP contribution is -2.30. The minimum Gasteiger partial charge on any atom is -0.303 e. The molecular formula is C21H21ClN2O2. The van der Waals surface area contributed by atoms with Crippen molar-refractivity contribution in [3.05, 3.63) is 75.9 Å². The monoisotopic (exact) mass is 368 g/mol. The molecule has 0 atom stereocenters. The lowest BCUT2D eigenvalue weighted by molar-refractivity contribution is -0.123. The molecule has 1 aliphatic heterocycles. The first-order valence-electron chi connectivity index (χ1n) is 8.43. The van der Waals surface area contributed by atoms with Crippen molar-refractivity contribution in [1.82, 2.24) is 10.2 Å². The van der Waals surface area contributed by atoms with Crippen LogP contribution < -0.4 is 5.32 Å². The molecule has 1 fully saturated rings. The molecule has 2 aromatic rings. The normalized spacial score (nSPS) is 16.3. The highest BCUT2D eigenvalue weighted by Crippen LogP contribution is 2.23. The molecule has 1 saturated heterocycles. The van der Waals surface area contributed by atoms with Crippen LogP contribution in [-0.4, -0.2) is 16.8 Å². The minimum atomic E-state index is -0.414. The largest absolute Gasteiger partial charge is 0.329 e. The van der Waals surface area contributed by atoms with Gasteiger partial charge in [0, 0.05) is 5.02 Å². The van der Waals surface area contributed by atoms with E-state index in [9.17, 15) is 9.59 Å². The third-order valence-electron chi connectivity index (χ3n) is 4.30. The third-order valence-corrected chi connectivity index (χ3v) is 4.56. The van der Waals surface area contributed by atoms with Crippen molar-refractivity contribution in [2.75, 3.05) is 0 Å². The van der Waals surface area contributed by atoms with Gasteiger partial charge in [-0.3, -0.25) is 9.69 Å². The van der Waals surface area contributed by atoms with E-state index in [1.807, 2.05) is 24.3 Å². The van der Waals surface area contributed by atoms with Gasteiger partial charge in [0.15, 0.2) is 0 Å². The lowest BCUT2D eigenvalue weighted by Gasteiger charge is -2.18. The fourth-order valence-corrected chi connectivity index (χ4v) is 2.86. The highest BCUT2D eigenvalue weighted by Gasteiger charge is 2.33. The maximum atomic E-state index is 12.6. The van der Waals surface area contributed by atoms with Gasteiger partial charge < -0.3 is 5.32 Å². The van der Waals surface area contributed by atoms with E-state index in [0.717, 1.165) is 11.1 Å². The van der Waals surface area contributed by atoms with Gasteiger partial charge in [0.25, 0.3) is 5.91 Å². The van der Waals surface area contributed by atoms with E-state index in [0.29, 0.717) is 5.02 Å². The molecule has 5 heteroatoms. The molecule has 0 unspecified atom stereocenters. The minimum absolute atomic E-state index is 0.0679. The number of nitrogens with one attached hydrogen (secondary N) is 1. The zero-order valence-corrected chi connectivity index (χ0v) is 15.8. The standard InChI is InChI=1S/C21H21ClN2O2/c1-21(2,3)16-8-4-14(5-9-16)12-18-19(25)24(20(26)23-18)13-15-6-10-17(22)11-7-15/h4-12H,13H2,1-3H3,(H,23,26). The van der Waals surface area contributed by atoms with Crippen molar-refractivity contribution >= 4 is 29.6 Å². The Hall–Kier alpha value is -2.59. The van der Waals surface area contributed by atoms with Crippen LogP contribution in [0.1, 0.15) is 37.5 Å². The van der Waals surface area contributed by atoms with Crippen LogP contribution in [-0.2, 0) is 16.8 Å². The molecule has 1 aliphatic rings. The van der Waals surface area contributed by atoms with Crippen LogP contribution in [0.2, 0.25) is 5.02 Å². The van der Waals surface area contributed by atoms with Crippen molar-refractivity contribution < 1.29 is 9.59 Å². The number of benzene rings is 2. The summed E-state index contributed by atoms with van der Waals surface area (Å²) in [5.41, 5.74) is 3.28. The number of urea groups is 1. The van der Waals surface area contributed by atoms with E-state index in [2.05, 4.69) is 26.1 Å². The molecular weight excluding hydrogens is 348 g/mol. The van der Waals surface area contributed by atoms with Gasteiger partial charge >= 0.3 is 6.03 Å². The Morgan fingerprint density at radius 3 is 2.19 bits per heavy atom. The van der Waals surface area contributed by atoms with Crippen molar-refractivity contribution in [1.29, 1.82) is 0 Å². The number of halogens is 1. The van der Waals surface area contributed by atoms with Crippen LogP contribution in [0.3, 0.4) is 0 Å². The van der Waals surface area contributed by atoms with Gasteiger partial charge in [-0.05, 0) is 40.3 Å². The molecule has 0 spiro atoms. The van der Waals surface area contributed by atoms with Crippen LogP contribution >= 0.6 is 11.6 Å². The summed E-state index contributed by atoms with van der Waals surface area (Å²) in [6.07, 6.45) is 1.70. The molecule has 0 aliphatic carbocycles. The molecule has 0 aromatic heterocycles. The maximum absolute atomic E-state index is 12.6. The van der Waals surface area contributed by atoms with Gasteiger partial charge in [-0.25, -0.2) is 4.79 Å². The molecule has 134 valence electrons. The zero-order valence-electron chi connectivity index (χ0n) is 15.0. The van der Waals surface area contributed by atoms with Gasteiger partial charge in [0.05, 0.1) is 6.54 Å². The van der Waals surface area contributed by atoms with E-state index in [4.69, 9.17) is 11.6 Å². The third kappa shape index (κ3) is 3.97. The van der Waals surface area contributed by atoms with Gasteiger partial charge in [0.1, 0.15) is 5.70 Å². The maximum Gasteiger partial charge on any atom is 0.329 e. The van der Waals surface area contributed by atoms with Crippen LogP contribution in [0.5, 0.6) is 0 Å². The van der Waals surface area contributed by atoms with Gasteiger partial charge in [0.2, 0.25) is 0 Å². The van der Waals surface area contributed by atoms with Gasteiger partial charge in [-0.15, -0.1) is 0 Å². The van der Waals surface area contributed by atoms with Crippen molar-refractivity contribution in [3.63, 3.8) is 0 Å². The summed E-state index contributed by atoms with van der Waals surface area (Å²) in [5.74, 6) is -0.329. The van der Waals surface area contributed by atoms with Crippen LogP contribution in [0.15, 0.2) is 54.2 Å². The summed E-state index contributed by atoms with van der Waals surface area (Å²) >= 11 is 5.87. The van der Waals surface area contributed by atoms with E-state index < -0.39 is 6.03 Å². The second kappa shape index (κ2) is 6.96. The van der Waals surface area contributed by atoms with Crippen LogP contribution in [0, 0.1) is 0 Å². The first-order chi connectivity index (χ1) is 12.2. The van der Waals surface area contributed by atoms with Crippen LogP contribution in [0.4, 0.5) is 4.79 Å². The average molecular weight is 369 g/mol. The Morgan fingerprint density at radius 1 is 1.00 bits per heavy atom. The predicted molar refractivity (Wildman–Crippen MR) is 104 cm³/mol. The van der Waals surface area contributed by atoms with Crippen molar-refractivity contribution in [2.45, 2.75) is 32.7 Å². The Balaban J connectivity index is 1.77. The first-order valence-corrected chi connectivity index (χ1v) is 8.81. The molecule has 3 amide bonds.